The van der Waals surface area contributed by atoms with Crippen LogP contribution < -0.4 is 5.32 Å². The van der Waals surface area contributed by atoms with Gasteiger partial charge in [-0.1, -0.05) is 37.3 Å². The van der Waals surface area contributed by atoms with E-state index in [0.29, 0.717) is 6.54 Å². The van der Waals surface area contributed by atoms with Crippen molar-refractivity contribution in [2.24, 2.45) is 0 Å². The minimum atomic E-state index is -0.564. The largest absolute Gasteiger partial charge is 0.367 e. The quantitative estimate of drug-likeness (QED) is 0.853. The number of ether oxygens (including phenoxy) is 1. The van der Waals surface area contributed by atoms with Crippen molar-refractivity contribution >= 4 is 17.2 Å². The van der Waals surface area contributed by atoms with Gasteiger partial charge in [-0.05, 0) is 18.9 Å². The SMILES string of the molecule is CCc1nc(CCNC(=O)[C@H](OC)c2ccccc2)sc1C. The van der Waals surface area contributed by atoms with Gasteiger partial charge in [-0.2, -0.15) is 0 Å². The van der Waals surface area contributed by atoms with Crippen LogP contribution in [0.5, 0.6) is 0 Å². The standard InChI is InChI=1S/C17H22N2O2S/c1-4-14-12(2)22-15(19-14)10-11-18-17(20)16(21-3)13-8-6-5-7-9-13/h5-9,16H,4,10-11H2,1-3H3,(H,18,20)/t16-/m1/s1. The average Bonchev–Trinajstić information content (AvgIpc) is 2.89. The lowest BCUT2D eigenvalue weighted by Gasteiger charge is -2.15. The molecule has 0 aliphatic carbocycles. The number of rotatable bonds is 7. The average molecular weight is 318 g/mol. The molecule has 1 aromatic heterocycles. The topological polar surface area (TPSA) is 51.2 Å². The number of nitrogens with zero attached hydrogens (tertiary/aromatic N) is 1. The number of methoxy groups -OCH3 is 1. The summed E-state index contributed by atoms with van der Waals surface area (Å²) in [4.78, 5) is 18.1. The van der Waals surface area contributed by atoms with Gasteiger partial charge in [0.25, 0.3) is 5.91 Å². The molecule has 5 heteroatoms. The van der Waals surface area contributed by atoms with Gasteiger partial charge in [0.2, 0.25) is 0 Å². The lowest BCUT2D eigenvalue weighted by atomic mass is 10.1. The maximum atomic E-state index is 12.2. The van der Waals surface area contributed by atoms with Gasteiger partial charge in [0.05, 0.1) is 10.7 Å². The fourth-order valence-electron chi connectivity index (χ4n) is 2.33. The number of benzene rings is 1. The zero-order chi connectivity index (χ0) is 15.9. The van der Waals surface area contributed by atoms with E-state index in [-0.39, 0.29) is 5.91 Å². The number of aromatic nitrogens is 1. The monoisotopic (exact) mass is 318 g/mol. The highest BCUT2D eigenvalue weighted by atomic mass is 32.1. The Kier molecular flexibility index (Phi) is 6.10. The number of carbonyl (C=O) groups excluding carboxylic acids is 1. The van der Waals surface area contributed by atoms with E-state index < -0.39 is 6.10 Å². The van der Waals surface area contributed by atoms with Crippen LogP contribution in [0.3, 0.4) is 0 Å². The van der Waals surface area contributed by atoms with Gasteiger partial charge in [0.15, 0.2) is 6.10 Å². The molecule has 0 fully saturated rings. The molecule has 0 aliphatic rings. The molecule has 2 rings (SSSR count). The lowest BCUT2D eigenvalue weighted by molar-refractivity contribution is -0.131. The Morgan fingerprint density at radius 1 is 1.36 bits per heavy atom. The van der Waals surface area contributed by atoms with Crippen molar-refractivity contribution in [3.05, 3.63) is 51.5 Å². The molecule has 0 saturated heterocycles. The Morgan fingerprint density at radius 2 is 2.09 bits per heavy atom. The molecule has 118 valence electrons. The third-order valence-electron chi connectivity index (χ3n) is 3.49. The molecular formula is C17H22N2O2S. The van der Waals surface area contributed by atoms with Crippen LogP contribution in [0.2, 0.25) is 0 Å². The van der Waals surface area contributed by atoms with E-state index in [0.717, 1.165) is 29.1 Å². The second-order valence-electron chi connectivity index (χ2n) is 5.03. The van der Waals surface area contributed by atoms with E-state index in [1.165, 1.54) is 4.88 Å². The summed E-state index contributed by atoms with van der Waals surface area (Å²) in [7, 11) is 1.55. The smallest absolute Gasteiger partial charge is 0.253 e. The first-order valence-electron chi connectivity index (χ1n) is 7.46. The second kappa shape index (κ2) is 8.06. The van der Waals surface area contributed by atoms with Gasteiger partial charge in [0.1, 0.15) is 0 Å². The third-order valence-corrected chi connectivity index (χ3v) is 4.56. The Morgan fingerprint density at radius 3 is 2.68 bits per heavy atom. The highest BCUT2D eigenvalue weighted by Crippen LogP contribution is 2.19. The van der Waals surface area contributed by atoms with Gasteiger partial charge >= 0.3 is 0 Å². The summed E-state index contributed by atoms with van der Waals surface area (Å²) in [6.45, 7) is 4.77. The van der Waals surface area contributed by atoms with Crippen LogP contribution in [0, 0.1) is 6.92 Å². The Bertz CT molecular complexity index is 610. The summed E-state index contributed by atoms with van der Waals surface area (Å²) >= 11 is 1.71. The molecule has 0 aliphatic heterocycles. The van der Waals surface area contributed by atoms with Crippen molar-refractivity contribution in [3.8, 4) is 0 Å². The molecule has 0 unspecified atom stereocenters. The first-order chi connectivity index (χ1) is 10.7. The molecule has 1 atom stereocenters. The van der Waals surface area contributed by atoms with E-state index in [1.54, 1.807) is 18.4 Å². The molecule has 1 aromatic carbocycles. The maximum absolute atomic E-state index is 12.2. The molecule has 1 amide bonds. The number of hydrogen-bond donors (Lipinski definition) is 1. The van der Waals surface area contributed by atoms with Crippen LogP contribution >= 0.6 is 11.3 Å². The predicted molar refractivity (Wildman–Crippen MR) is 89.1 cm³/mol. The van der Waals surface area contributed by atoms with Crippen LogP contribution in [0.4, 0.5) is 0 Å². The van der Waals surface area contributed by atoms with Gasteiger partial charge in [0, 0.05) is 25.0 Å². The molecule has 2 aromatic rings. The Labute approximate surface area is 135 Å². The van der Waals surface area contributed by atoms with Crippen molar-refractivity contribution in [1.29, 1.82) is 0 Å². The summed E-state index contributed by atoms with van der Waals surface area (Å²) in [5.41, 5.74) is 2.02. The predicted octanol–water partition coefficient (Wildman–Crippen LogP) is 3.06. The molecule has 0 bridgehead atoms. The van der Waals surface area contributed by atoms with E-state index in [2.05, 4.69) is 24.1 Å². The van der Waals surface area contributed by atoms with E-state index in [9.17, 15) is 4.79 Å². The summed E-state index contributed by atoms with van der Waals surface area (Å²) < 4.78 is 5.32. The second-order valence-corrected chi connectivity index (χ2v) is 6.32. The van der Waals surface area contributed by atoms with Crippen LogP contribution in [-0.2, 0) is 22.4 Å². The molecule has 0 spiro atoms. The van der Waals surface area contributed by atoms with Crippen LogP contribution in [0.1, 0.15) is 34.2 Å². The zero-order valence-corrected chi connectivity index (χ0v) is 14.1. The molecular weight excluding hydrogens is 296 g/mol. The normalized spacial score (nSPS) is 12.1. The fraction of sp³-hybridized carbons (Fsp3) is 0.412. The third kappa shape index (κ3) is 4.15. The van der Waals surface area contributed by atoms with E-state index in [1.807, 2.05) is 30.3 Å². The number of aryl methyl sites for hydroxylation is 2. The summed E-state index contributed by atoms with van der Waals surface area (Å²) in [6.07, 6.45) is 1.14. The van der Waals surface area contributed by atoms with Gasteiger partial charge in [-0.15, -0.1) is 11.3 Å². The molecule has 0 radical (unpaired) electrons. The molecule has 4 nitrogen and oxygen atoms in total. The first-order valence-corrected chi connectivity index (χ1v) is 8.28. The van der Waals surface area contributed by atoms with E-state index in [4.69, 9.17) is 4.74 Å². The first kappa shape index (κ1) is 16.6. The fourth-order valence-corrected chi connectivity index (χ4v) is 3.35. The Balaban J connectivity index is 1.88. The van der Waals surface area contributed by atoms with Crippen molar-refractivity contribution < 1.29 is 9.53 Å². The van der Waals surface area contributed by atoms with Crippen molar-refractivity contribution in [2.45, 2.75) is 32.8 Å². The molecule has 22 heavy (non-hydrogen) atoms. The number of amides is 1. The maximum Gasteiger partial charge on any atom is 0.253 e. The van der Waals surface area contributed by atoms with Gasteiger partial charge < -0.3 is 10.1 Å². The number of nitrogens with one attached hydrogen (secondary N) is 1. The lowest BCUT2D eigenvalue weighted by Crippen LogP contribution is -2.31. The summed E-state index contributed by atoms with van der Waals surface area (Å²) in [5, 5.41) is 4.00. The minimum absolute atomic E-state index is 0.113. The zero-order valence-electron chi connectivity index (χ0n) is 13.3. The van der Waals surface area contributed by atoms with Crippen molar-refractivity contribution in [3.63, 3.8) is 0 Å². The highest BCUT2D eigenvalue weighted by molar-refractivity contribution is 7.11. The van der Waals surface area contributed by atoms with E-state index >= 15 is 0 Å². The minimum Gasteiger partial charge on any atom is -0.367 e. The summed E-state index contributed by atoms with van der Waals surface area (Å²) in [5.74, 6) is -0.113. The molecule has 0 saturated carbocycles. The van der Waals surface area contributed by atoms with Gasteiger partial charge in [-0.25, -0.2) is 4.98 Å². The molecule has 1 N–H and O–H groups in total. The van der Waals surface area contributed by atoms with Gasteiger partial charge in [-0.3, -0.25) is 4.79 Å². The van der Waals surface area contributed by atoms with Crippen molar-refractivity contribution in [2.75, 3.05) is 13.7 Å². The van der Waals surface area contributed by atoms with Crippen molar-refractivity contribution in [1.82, 2.24) is 10.3 Å². The Hall–Kier alpha value is -1.72. The van der Waals surface area contributed by atoms with Crippen LogP contribution in [0.15, 0.2) is 30.3 Å². The number of carbonyl (C=O) groups is 1. The number of hydrogen-bond acceptors (Lipinski definition) is 4. The number of thiazole rings is 1. The van der Waals surface area contributed by atoms with Crippen LogP contribution in [0.25, 0.3) is 0 Å². The summed E-state index contributed by atoms with van der Waals surface area (Å²) in [6, 6.07) is 9.51. The van der Waals surface area contributed by atoms with Crippen LogP contribution in [-0.4, -0.2) is 24.5 Å². The highest BCUT2D eigenvalue weighted by Gasteiger charge is 2.19. The molecule has 1 heterocycles.